The van der Waals surface area contributed by atoms with E-state index in [1.807, 2.05) is 42.5 Å². The van der Waals surface area contributed by atoms with Crippen molar-refractivity contribution >= 4 is 12.0 Å². The smallest absolute Gasteiger partial charge is 0.328 e. The van der Waals surface area contributed by atoms with Crippen LogP contribution in [0.5, 0.6) is 0 Å². The Balaban J connectivity index is 2.25. The van der Waals surface area contributed by atoms with Gasteiger partial charge in [-0.25, -0.2) is 4.79 Å². The van der Waals surface area contributed by atoms with Gasteiger partial charge in [-0.15, -0.1) is 0 Å². The van der Waals surface area contributed by atoms with E-state index in [0.29, 0.717) is 18.8 Å². The molecule has 0 atom stereocenters. The lowest BCUT2D eigenvalue weighted by Gasteiger charge is -2.00. The van der Waals surface area contributed by atoms with Crippen LogP contribution in [0.25, 0.3) is 6.08 Å². The maximum Gasteiger partial charge on any atom is 0.328 e. The molecule has 0 saturated carbocycles. The second-order valence-electron chi connectivity index (χ2n) is 3.66. The Morgan fingerprint density at radius 3 is 2.71 bits per heavy atom. The van der Waals surface area contributed by atoms with Gasteiger partial charge in [-0.3, -0.25) is 0 Å². The number of ether oxygens (including phenoxy) is 1. The van der Waals surface area contributed by atoms with Gasteiger partial charge in [0.1, 0.15) is 0 Å². The molecule has 0 amide bonds. The van der Waals surface area contributed by atoms with Crippen LogP contribution in [0, 0.1) is 0 Å². The summed E-state index contributed by atoms with van der Waals surface area (Å²) in [5.74, 6) is -0.939. The van der Waals surface area contributed by atoms with Crippen LogP contribution in [-0.4, -0.2) is 24.3 Å². The molecule has 90 valence electrons. The largest absolute Gasteiger partial charge is 0.478 e. The van der Waals surface area contributed by atoms with Crippen LogP contribution in [0.15, 0.2) is 48.1 Å². The number of carbonyl (C=O) groups is 1. The van der Waals surface area contributed by atoms with Crippen molar-refractivity contribution in [2.45, 2.75) is 6.92 Å². The average Bonchev–Trinajstić information content (AvgIpc) is 2.29. The Hall–Kier alpha value is -1.87. The molecule has 3 heteroatoms. The number of aliphatic carboxylic acids is 1. The highest BCUT2D eigenvalue weighted by Crippen LogP contribution is 2.01. The molecular weight excluding hydrogens is 216 g/mol. The van der Waals surface area contributed by atoms with E-state index in [4.69, 9.17) is 9.84 Å². The Bertz CT molecular complexity index is 405. The van der Waals surface area contributed by atoms with Gasteiger partial charge in [-0.2, -0.15) is 0 Å². The van der Waals surface area contributed by atoms with E-state index >= 15 is 0 Å². The van der Waals surface area contributed by atoms with Gasteiger partial charge in [0.25, 0.3) is 0 Å². The normalized spacial score (nSPS) is 11.9. The second-order valence-corrected chi connectivity index (χ2v) is 3.66. The molecule has 0 radical (unpaired) electrons. The summed E-state index contributed by atoms with van der Waals surface area (Å²) >= 11 is 0. The first kappa shape index (κ1) is 13.2. The number of hydrogen-bond donors (Lipinski definition) is 1. The van der Waals surface area contributed by atoms with Crippen molar-refractivity contribution in [1.82, 2.24) is 0 Å². The molecule has 3 nitrogen and oxygen atoms in total. The topological polar surface area (TPSA) is 46.5 Å². The van der Waals surface area contributed by atoms with Crippen molar-refractivity contribution in [3.8, 4) is 0 Å². The zero-order valence-electron chi connectivity index (χ0n) is 9.80. The molecule has 1 aromatic rings. The fourth-order valence-electron chi connectivity index (χ4n) is 1.29. The Labute approximate surface area is 101 Å². The summed E-state index contributed by atoms with van der Waals surface area (Å²) in [5.41, 5.74) is 1.82. The molecule has 0 aliphatic heterocycles. The van der Waals surface area contributed by atoms with Crippen molar-refractivity contribution in [3.63, 3.8) is 0 Å². The Morgan fingerprint density at radius 2 is 2.06 bits per heavy atom. The summed E-state index contributed by atoms with van der Waals surface area (Å²) in [6, 6.07) is 9.92. The molecule has 0 bridgehead atoms. The number of carboxylic acid groups (broad SMARTS) is 1. The minimum absolute atomic E-state index is 0.339. The van der Waals surface area contributed by atoms with E-state index in [-0.39, 0.29) is 0 Å². The van der Waals surface area contributed by atoms with Crippen molar-refractivity contribution in [3.05, 3.63) is 53.6 Å². The molecular formula is C14H16O3. The van der Waals surface area contributed by atoms with Crippen molar-refractivity contribution in [2.24, 2.45) is 0 Å². The minimum Gasteiger partial charge on any atom is -0.478 e. The van der Waals surface area contributed by atoms with Gasteiger partial charge < -0.3 is 9.84 Å². The molecule has 0 aromatic heterocycles. The van der Waals surface area contributed by atoms with Crippen LogP contribution < -0.4 is 0 Å². The molecule has 1 aromatic carbocycles. The summed E-state index contributed by atoms with van der Waals surface area (Å²) in [6.07, 6.45) is 5.03. The molecule has 0 unspecified atom stereocenters. The van der Waals surface area contributed by atoms with Crippen LogP contribution >= 0.6 is 0 Å². The van der Waals surface area contributed by atoms with Crippen LogP contribution in [-0.2, 0) is 9.53 Å². The van der Waals surface area contributed by atoms with Gasteiger partial charge in [0.05, 0.1) is 13.2 Å². The van der Waals surface area contributed by atoms with E-state index in [9.17, 15) is 4.79 Å². The molecule has 17 heavy (non-hydrogen) atoms. The zero-order chi connectivity index (χ0) is 12.5. The van der Waals surface area contributed by atoms with Crippen LogP contribution in [0.3, 0.4) is 0 Å². The highest BCUT2D eigenvalue weighted by molar-refractivity contribution is 5.80. The molecule has 0 aliphatic carbocycles. The maximum absolute atomic E-state index is 10.3. The van der Waals surface area contributed by atoms with E-state index in [0.717, 1.165) is 11.6 Å². The third-order valence-electron chi connectivity index (χ3n) is 2.02. The first-order valence-electron chi connectivity index (χ1n) is 5.38. The quantitative estimate of drug-likeness (QED) is 0.606. The predicted molar refractivity (Wildman–Crippen MR) is 67.7 cm³/mol. The van der Waals surface area contributed by atoms with E-state index in [2.05, 4.69) is 0 Å². The lowest BCUT2D eigenvalue weighted by atomic mass is 10.2. The molecule has 0 saturated heterocycles. The third kappa shape index (κ3) is 6.33. The molecule has 0 heterocycles. The summed E-state index contributed by atoms with van der Waals surface area (Å²) < 4.78 is 5.30. The standard InChI is InChI=1S/C14H16O3/c1-12(10-14(15)16)11-17-9-5-8-13-6-3-2-4-7-13/h2-8,10H,9,11H2,1H3,(H,15,16). The Morgan fingerprint density at radius 1 is 1.35 bits per heavy atom. The van der Waals surface area contributed by atoms with Crippen molar-refractivity contribution < 1.29 is 14.6 Å². The van der Waals surface area contributed by atoms with Crippen LogP contribution in [0.4, 0.5) is 0 Å². The lowest BCUT2D eigenvalue weighted by molar-refractivity contribution is -0.131. The SMILES string of the molecule is CC(=CC(=O)O)COCC=Cc1ccccc1. The fraction of sp³-hybridized carbons (Fsp3) is 0.214. The summed E-state index contributed by atoms with van der Waals surface area (Å²) in [6.45, 7) is 2.54. The van der Waals surface area contributed by atoms with Gasteiger partial charge >= 0.3 is 5.97 Å². The molecule has 0 fully saturated rings. The molecule has 1 rings (SSSR count). The number of hydrogen-bond acceptors (Lipinski definition) is 2. The van der Waals surface area contributed by atoms with Gasteiger partial charge in [0.15, 0.2) is 0 Å². The zero-order valence-corrected chi connectivity index (χ0v) is 9.80. The fourth-order valence-corrected chi connectivity index (χ4v) is 1.29. The average molecular weight is 232 g/mol. The number of carboxylic acids is 1. The van der Waals surface area contributed by atoms with Crippen molar-refractivity contribution in [1.29, 1.82) is 0 Å². The maximum atomic E-state index is 10.3. The van der Waals surface area contributed by atoms with Gasteiger partial charge in [-0.05, 0) is 18.1 Å². The molecule has 1 N–H and O–H groups in total. The summed E-state index contributed by atoms with van der Waals surface area (Å²) in [5, 5.41) is 8.49. The minimum atomic E-state index is -0.939. The van der Waals surface area contributed by atoms with E-state index in [1.165, 1.54) is 0 Å². The van der Waals surface area contributed by atoms with E-state index < -0.39 is 5.97 Å². The number of rotatable bonds is 6. The van der Waals surface area contributed by atoms with Crippen LogP contribution in [0.1, 0.15) is 12.5 Å². The first-order chi connectivity index (χ1) is 8.18. The van der Waals surface area contributed by atoms with Gasteiger partial charge in [0, 0.05) is 6.08 Å². The number of benzene rings is 1. The Kier molecular flexibility index (Phi) is 5.75. The van der Waals surface area contributed by atoms with Gasteiger partial charge in [0.2, 0.25) is 0 Å². The summed E-state index contributed by atoms with van der Waals surface area (Å²) in [7, 11) is 0. The van der Waals surface area contributed by atoms with E-state index in [1.54, 1.807) is 6.92 Å². The summed E-state index contributed by atoms with van der Waals surface area (Å²) in [4.78, 5) is 10.3. The highest BCUT2D eigenvalue weighted by Gasteiger charge is 1.93. The predicted octanol–water partition coefficient (Wildman–Crippen LogP) is 2.75. The monoisotopic (exact) mass is 232 g/mol. The second kappa shape index (κ2) is 7.41. The first-order valence-corrected chi connectivity index (χ1v) is 5.38. The molecule has 0 aliphatic rings. The highest BCUT2D eigenvalue weighted by atomic mass is 16.5. The van der Waals surface area contributed by atoms with Crippen LogP contribution in [0.2, 0.25) is 0 Å². The molecule has 0 spiro atoms. The van der Waals surface area contributed by atoms with Crippen molar-refractivity contribution in [2.75, 3.05) is 13.2 Å². The van der Waals surface area contributed by atoms with Gasteiger partial charge in [-0.1, -0.05) is 42.5 Å². The third-order valence-corrected chi connectivity index (χ3v) is 2.02. The lowest BCUT2D eigenvalue weighted by Crippen LogP contribution is -1.98.